The van der Waals surface area contributed by atoms with E-state index in [-0.39, 0.29) is 17.4 Å². The molecule has 2 fully saturated rings. The van der Waals surface area contributed by atoms with Gasteiger partial charge in [0.1, 0.15) is 0 Å². The second-order valence-electron chi connectivity index (χ2n) is 10.0. The molecule has 0 radical (unpaired) electrons. The van der Waals surface area contributed by atoms with Gasteiger partial charge in [-0.1, -0.05) is 42.5 Å². The van der Waals surface area contributed by atoms with E-state index >= 15 is 0 Å². The fourth-order valence-corrected chi connectivity index (χ4v) is 5.39. The number of amides is 1. The minimum absolute atomic E-state index is 0.0437. The maximum atomic E-state index is 13.4. The number of hydrogen-bond donors (Lipinski definition) is 0. The number of carbonyl (C=O) groups is 1. The monoisotopic (exact) mass is 485 g/mol. The number of benzene rings is 2. The van der Waals surface area contributed by atoms with Crippen molar-refractivity contribution in [1.29, 1.82) is 0 Å². The number of nitrogens with zero attached hydrogens (tertiary/aromatic N) is 5. The summed E-state index contributed by atoms with van der Waals surface area (Å²) in [7, 11) is 0. The highest BCUT2D eigenvalue weighted by Gasteiger charge is 2.31. The van der Waals surface area contributed by atoms with Crippen molar-refractivity contribution in [2.45, 2.75) is 33.2 Å². The van der Waals surface area contributed by atoms with E-state index in [4.69, 9.17) is 0 Å². The van der Waals surface area contributed by atoms with Crippen LogP contribution in [0.25, 0.3) is 0 Å². The number of rotatable bonds is 5. The summed E-state index contributed by atoms with van der Waals surface area (Å²) in [6.07, 6.45) is 3.59. The lowest BCUT2D eigenvalue weighted by Crippen LogP contribution is -2.52. The number of hydrogen-bond acceptors (Lipinski definition) is 5. The quantitative estimate of drug-likeness (QED) is 0.554. The first-order chi connectivity index (χ1) is 17.5. The molecule has 36 heavy (non-hydrogen) atoms. The second kappa shape index (κ2) is 10.6. The molecule has 2 aromatic carbocycles. The molecular formula is C29H35N5O2. The maximum absolute atomic E-state index is 13.4. The normalized spacial score (nSPS) is 18.4. The van der Waals surface area contributed by atoms with Gasteiger partial charge in [-0.2, -0.15) is 5.10 Å². The number of piperidine rings is 1. The Balaban J connectivity index is 1.20. The van der Waals surface area contributed by atoms with Crippen molar-refractivity contribution in [3.05, 3.63) is 87.8 Å². The Bertz CT molecular complexity index is 1260. The van der Waals surface area contributed by atoms with Crippen molar-refractivity contribution in [2.24, 2.45) is 5.92 Å². The highest BCUT2D eigenvalue weighted by atomic mass is 16.2. The molecule has 2 saturated heterocycles. The molecule has 1 amide bonds. The lowest BCUT2D eigenvalue weighted by molar-refractivity contribution is -0.136. The third-order valence-electron chi connectivity index (χ3n) is 7.67. The molecule has 2 aliphatic rings. The van der Waals surface area contributed by atoms with Gasteiger partial charge in [-0.05, 0) is 49.4 Å². The van der Waals surface area contributed by atoms with Gasteiger partial charge in [0.05, 0.1) is 24.3 Å². The summed E-state index contributed by atoms with van der Waals surface area (Å²) in [5.41, 5.74) is 5.63. The number of aryl methyl sites for hydroxylation is 1. The summed E-state index contributed by atoms with van der Waals surface area (Å²) < 4.78 is 1.49. The van der Waals surface area contributed by atoms with Crippen LogP contribution < -0.4 is 15.4 Å². The molecule has 0 aliphatic carbocycles. The van der Waals surface area contributed by atoms with Crippen LogP contribution in [0.5, 0.6) is 0 Å². The average molecular weight is 486 g/mol. The first-order valence-corrected chi connectivity index (χ1v) is 13.0. The summed E-state index contributed by atoms with van der Waals surface area (Å²) >= 11 is 0. The van der Waals surface area contributed by atoms with Crippen LogP contribution in [0, 0.1) is 19.8 Å². The van der Waals surface area contributed by atoms with Crippen molar-refractivity contribution in [2.75, 3.05) is 49.1 Å². The minimum Gasteiger partial charge on any atom is -0.369 e. The highest BCUT2D eigenvalue weighted by molar-refractivity contribution is 5.80. The predicted octanol–water partition coefficient (Wildman–Crippen LogP) is 3.47. The second-order valence-corrected chi connectivity index (χ2v) is 10.0. The van der Waals surface area contributed by atoms with Crippen LogP contribution in [0.15, 0.2) is 65.6 Å². The van der Waals surface area contributed by atoms with Gasteiger partial charge in [0.25, 0.3) is 5.56 Å². The minimum atomic E-state index is -0.118. The van der Waals surface area contributed by atoms with Gasteiger partial charge in [0.2, 0.25) is 5.91 Å². The van der Waals surface area contributed by atoms with Crippen LogP contribution in [-0.4, -0.2) is 59.9 Å². The Morgan fingerprint density at radius 3 is 2.47 bits per heavy atom. The zero-order valence-electron chi connectivity index (χ0n) is 21.3. The molecule has 0 unspecified atom stereocenters. The Morgan fingerprint density at radius 1 is 0.944 bits per heavy atom. The van der Waals surface area contributed by atoms with Crippen LogP contribution >= 0.6 is 0 Å². The third-order valence-corrected chi connectivity index (χ3v) is 7.67. The number of piperazine rings is 1. The zero-order chi connectivity index (χ0) is 25.1. The average Bonchev–Trinajstić information content (AvgIpc) is 2.92. The number of carbonyl (C=O) groups excluding carboxylic acids is 1. The first-order valence-electron chi connectivity index (χ1n) is 13.0. The third kappa shape index (κ3) is 5.15. The molecule has 0 saturated carbocycles. The molecule has 3 heterocycles. The van der Waals surface area contributed by atoms with Gasteiger partial charge in [-0.15, -0.1) is 0 Å². The summed E-state index contributed by atoms with van der Waals surface area (Å²) in [5.74, 6) is 0.198. The van der Waals surface area contributed by atoms with E-state index in [9.17, 15) is 9.59 Å². The van der Waals surface area contributed by atoms with Gasteiger partial charge >= 0.3 is 0 Å². The van der Waals surface area contributed by atoms with Crippen LogP contribution in [0.2, 0.25) is 0 Å². The molecule has 7 nitrogen and oxygen atoms in total. The fraction of sp³-hybridized carbons (Fsp3) is 0.414. The smallest absolute Gasteiger partial charge is 0.269 e. The standard InChI is InChI=1S/C29H35N5O2/c1-22-8-6-12-27(23(22)2)31-14-16-32(17-15-31)29(36)25-11-7-13-33(21-25)26-18-28(35)34(30-19-26)20-24-9-4-3-5-10-24/h3-6,8-10,12,18-19,25H,7,11,13-17,20-21H2,1-2H3/t25-/m0/s1. The van der Waals surface area contributed by atoms with E-state index in [1.165, 1.54) is 21.5 Å². The van der Waals surface area contributed by atoms with Gasteiger partial charge in [-0.3, -0.25) is 9.59 Å². The molecule has 1 aromatic heterocycles. The van der Waals surface area contributed by atoms with E-state index < -0.39 is 0 Å². The summed E-state index contributed by atoms with van der Waals surface area (Å²) in [4.78, 5) is 32.7. The molecule has 2 aliphatic heterocycles. The van der Waals surface area contributed by atoms with Crippen molar-refractivity contribution in [3.8, 4) is 0 Å². The Kier molecular flexibility index (Phi) is 7.07. The van der Waals surface area contributed by atoms with E-state index in [0.717, 1.165) is 56.8 Å². The largest absolute Gasteiger partial charge is 0.369 e. The molecule has 0 N–H and O–H groups in total. The first kappa shape index (κ1) is 24.1. The summed E-state index contributed by atoms with van der Waals surface area (Å²) in [5, 5.41) is 4.42. The lowest BCUT2D eigenvalue weighted by Gasteiger charge is -2.40. The highest BCUT2D eigenvalue weighted by Crippen LogP contribution is 2.26. The Labute approximate surface area is 212 Å². The summed E-state index contributed by atoms with van der Waals surface area (Å²) in [6, 6.07) is 18.0. The van der Waals surface area contributed by atoms with E-state index in [0.29, 0.717) is 13.1 Å². The number of anilines is 2. The van der Waals surface area contributed by atoms with Gasteiger partial charge in [0.15, 0.2) is 0 Å². The van der Waals surface area contributed by atoms with Crippen molar-refractivity contribution in [3.63, 3.8) is 0 Å². The summed E-state index contributed by atoms with van der Waals surface area (Å²) in [6.45, 7) is 9.47. The topological polar surface area (TPSA) is 61.7 Å². The maximum Gasteiger partial charge on any atom is 0.269 e. The molecule has 1 atom stereocenters. The van der Waals surface area contributed by atoms with Gasteiger partial charge in [-0.25, -0.2) is 4.68 Å². The lowest BCUT2D eigenvalue weighted by atomic mass is 9.95. The predicted molar refractivity (Wildman–Crippen MR) is 144 cm³/mol. The van der Waals surface area contributed by atoms with Crippen LogP contribution in [0.3, 0.4) is 0 Å². The van der Waals surface area contributed by atoms with Gasteiger partial charge < -0.3 is 14.7 Å². The fourth-order valence-electron chi connectivity index (χ4n) is 5.39. The molecule has 0 bridgehead atoms. The van der Waals surface area contributed by atoms with Crippen LogP contribution in [-0.2, 0) is 11.3 Å². The molecule has 188 valence electrons. The Morgan fingerprint density at radius 2 is 1.72 bits per heavy atom. The van der Waals surface area contributed by atoms with E-state index in [1.807, 2.05) is 35.2 Å². The zero-order valence-corrected chi connectivity index (χ0v) is 21.3. The van der Waals surface area contributed by atoms with E-state index in [2.05, 4.69) is 46.9 Å². The molecule has 5 rings (SSSR count). The van der Waals surface area contributed by atoms with Crippen molar-refractivity contribution < 1.29 is 4.79 Å². The number of aromatic nitrogens is 2. The SMILES string of the molecule is Cc1cccc(N2CCN(C(=O)[C@H]3CCCN(c4cnn(Cc5ccccc5)c(=O)c4)C3)CC2)c1C. The van der Waals surface area contributed by atoms with Crippen molar-refractivity contribution >= 4 is 17.3 Å². The van der Waals surface area contributed by atoms with E-state index in [1.54, 1.807) is 12.3 Å². The Hall–Kier alpha value is -3.61. The van der Waals surface area contributed by atoms with Gasteiger partial charge in [0, 0.05) is 51.0 Å². The van der Waals surface area contributed by atoms with Crippen LogP contribution in [0.4, 0.5) is 11.4 Å². The molecule has 0 spiro atoms. The molecule has 7 heteroatoms. The van der Waals surface area contributed by atoms with Crippen LogP contribution in [0.1, 0.15) is 29.5 Å². The van der Waals surface area contributed by atoms with Crippen molar-refractivity contribution in [1.82, 2.24) is 14.7 Å². The molecule has 3 aromatic rings. The molecular weight excluding hydrogens is 450 g/mol.